The number of aryl methyl sites for hydroxylation is 1. The van der Waals surface area contributed by atoms with Gasteiger partial charge in [-0.2, -0.15) is 0 Å². The molecule has 0 spiro atoms. The lowest BCUT2D eigenvalue weighted by molar-refractivity contribution is 0.0560. The normalized spacial score (nSPS) is 14.2. The molecule has 0 aliphatic rings. The predicted octanol–water partition coefficient (Wildman–Crippen LogP) is 3.89. The third kappa shape index (κ3) is 2.85. The van der Waals surface area contributed by atoms with E-state index in [-0.39, 0.29) is 12.2 Å². The maximum atomic E-state index is 13.7. The molecule has 0 aromatic heterocycles. The molecule has 0 aliphatic carbocycles. The SMILES string of the molecule is Cc1cccc(C(C)(O)Cc2ccccc2F)c1C. The van der Waals surface area contributed by atoms with Gasteiger partial charge in [-0.1, -0.05) is 36.4 Å². The molecule has 1 unspecified atom stereocenters. The van der Waals surface area contributed by atoms with Crippen LogP contribution in [0.5, 0.6) is 0 Å². The van der Waals surface area contributed by atoms with Crippen molar-refractivity contribution in [2.45, 2.75) is 32.8 Å². The van der Waals surface area contributed by atoms with E-state index < -0.39 is 5.60 Å². The van der Waals surface area contributed by atoms with Gasteiger partial charge in [-0.15, -0.1) is 0 Å². The zero-order valence-corrected chi connectivity index (χ0v) is 11.6. The Labute approximate surface area is 113 Å². The van der Waals surface area contributed by atoms with Crippen molar-refractivity contribution in [3.05, 3.63) is 70.5 Å². The van der Waals surface area contributed by atoms with Crippen LogP contribution in [0.3, 0.4) is 0 Å². The Morgan fingerprint density at radius 1 is 1.05 bits per heavy atom. The van der Waals surface area contributed by atoms with E-state index in [1.54, 1.807) is 25.1 Å². The molecule has 100 valence electrons. The summed E-state index contributed by atoms with van der Waals surface area (Å²) in [5.41, 5.74) is 2.51. The molecule has 0 radical (unpaired) electrons. The van der Waals surface area contributed by atoms with Crippen molar-refractivity contribution in [1.29, 1.82) is 0 Å². The van der Waals surface area contributed by atoms with Crippen molar-refractivity contribution in [2.75, 3.05) is 0 Å². The van der Waals surface area contributed by atoms with Crippen LogP contribution in [0.1, 0.15) is 29.2 Å². The van der Waals surface area contributed by atoms with Crippen molar-refractivity contribution >= 4 is 0 Å². The number of aliphatic hydroxyl groups is 1. The summed E-state index contributed by atoms with van der Waals surface area (Å²) < 4.78 is 13.7. The van der Waals surface area contributed by atoms with Crippen molar-refractivity contribution in [3.8, 4) is 0 Å². The van der Waals surface area contributed by atoms with E-state index in [0.717, 1.165) is 16.7 Å². The van der Waals surface area contributed by atoms with Crippen LogP contribution in [0.2, 0.25) is 0 Å². The molecule has 0 amide bonds. The van der Waals surface area contributed by atoms with E-state index >= 15 is 0 Å². The second-order valence-corrected chi connectivity index (χ2v) is 5.29. The smallest absolute Gasteiger partial charge is 0.126 e. The fourth-order valence-electron chi connectivity index (χ4n) is 2.44. The largest absolute Gasteiger partial charge is 0.385 e. The molecule has 1 atom stereocenters. The molecule has 0 heterocycles. The highest BCUT2D eigenvalue weighted by Gasteiger charge is 2.26. The number of hydrogen-bond donors (Lipinski definition) is 1. The number of hydrogen-bond acceptors (Lipinski definition) is 1. The van der Waals surface area contributed by atoms with Crippen LogP contribution < -0.4 is 0 Å². The van der Waals surface area contributed by atoms with E-state index in [4.69, 9.17) is 0 Å². The molecule has 1 nitrogen and oxygen atoms in total. The van der Waals surface area contributed by atoms with Crippen LogP contribution in [-0.4, -0.2) is 5.11 Å². The molecule has 0 fully saturated rings. The molecule has 0 aliphatic heterocycles. The Hall–Kier alpha value is -1.67. The molecule has 2 rings (SSSR count). The highest BCUT2D eigenvalue weighted by Crippen LogP contribution is 2.30. The standard InChI is InChI=1S/C17H19FO/c1-12-7-6-9-15(13(12)2)17(3,19)11-14-8-4-5-10-16(14)18/h4-10,19H,11H2,1-3H3. The van der Waals surface area contributed by atoms with Gasteiger partial charge >= 0.3 is 0 Å². The summed E-state index contributed by atoms with van der Waals surface area (Å²) >= 11 is 0. The van der Waals surface area contributed by atoms with Crippen LogP contribution >= 0.6 is 0 Å². The van der Waals surface area contributed by atoms with Gasteiger partial charge in [0.15, 0.2) is 0 Å². The number of benzene rings is 2. The monoisotopic (exact) mass is 258 g/mol. The van der Waals surface area contributed by atoms with Crippen molar-refractivity contribution in [1.82, 2.24) is 0 Å². The van der Waals surface area contributed by atoms with E-state index in [1.165, 1.54) is 6.07 Å². The quantitative estimate of drug-likeness (QED) is 0.885. The average molecular weight is 258 g/mol. The van der Waals surface area contributed by atoms with Crippen LogP contribution in [0, 0.1) is 19.7 Å². The van der Waals surface area contributed by atoms with Gasteiger partial charge in [-0.05, 0) is 49.1 Å². The molecule has 0 saturated heterocycles. The summed E-state index contributed by atoms with van der Waals surface area (Å²) in [5, 5.41) is 10.7. The molecule has 0 saturated carbocycles. The molecular formula is C17H19FO. The summed E-state index contributed by atoms with van der Waals surface area (Å²) in [6.45, 7) is 5.74. The van der Waals surface area contributed by atoms with E-state index in [9.17, 15) is 9.50 Å². The zero-order chi connectivity index (χ0) is 14.0. The maximum absolute atomic E-state index is 13.7. The Morgan fingerprint density at radius 3 is 2.42 bits per heavy atom. The third-order valence-electron chi connectivity index (χ3n) is 3.68. The summed E-state index contributed by atoms with van der Waals surface area (Å²) in [7, 11) is 0. The Morgan fingerprint density at radius 2 is 1.74 bits per heavy atom. The molecule has 2 aromatic rings. The van der Waals surface area contributed by atoms with Crippen molar-refractivity contribution < 1.29 is 9.50 Å². The number of halogens is 1. The Balaban J connectivity index is 2.38. The van der Waals surface area contributed by atoms with Gasteiger partial charge in [0, 0.05) is 6.42 Å². The van der Waals surface area contributed by atoms with Gasteiger partial charge in [0.1, 0.15) is 5.82 Å². The Bertz CT molecular complexity index is 588. The molecule has 2 heteroatoms. The summed E-state index contributed by atoms with van der Waals surface area (Å²) in [5.74, 6) is -0.270. The zero-order valence-electron chi connectivity index (χ0n) is 11.6. The molecule has 19 heavy (non-hydrogen) atoms. The fraction of sp³-hybridized carbons (Fsp3) is 0.294. The minimum absolute atomic E-state index is 0.268. The minimum Gasteiger partial charge on any atom is -0.385 e. The first-order valence-electron chi connectivity index (χ1n) is 6.44. The minimum atomic E-state index is -1.07. The molecule has 0 bridgehead atoms. The first kappa shape index (κ1) is 13.8. The summed E-state index contributed by atoms with van der Waals surface area (Å²) in [4.78, 5) is 0. The van der Waals surface area contributed by atoms with Crippen LogP contribution in [0.4, 0.5) is 4.39 Å². The van der Waals surface area contributed by atoms with E-state index in [1.807, 2.05) is 32.0 Å². The summed E-state index contributed by atoms with van der Waals surface area (Å²) in [6.07, 6.45) is 0.268. The Kier molecular flexibility index (Phi) is 3.72. The lowest BCUT2D eigenvalue weighted by Crippen LogP contribution is -2.26. The second-order valence-electron chi connectivity index (χ2n) is 5.29. The topological polar surface area (TPSA) is 20.2 Å². The maximum Gasteiger partial charge on any atom is 0.126 e. The predicted molar refractivity (Wildman–Crippen MR) is 75.6 cm³/mol. The van der Waals surface area contributed by atoms with Crippen molar-refractivity contribution in [3.63, 3.8) is 0 Å². The summed E-state index contributed by atoms with van der Waals surface area (Å²) in [6, 6.07) is 12.4. The van der Waals surface area contributed by atoms with Crippen LogP contribution in [0.15, 0.2) is 42.5 Å². The van der Waals surface area contributed by atoms with E-state index in [2.05, 4.69) is 0 Å². The average Bonchev–Trinajstić information content (AvgIpc) is 2.35. The fourth-order valence-corrected chi connectivity index (χ4v) is 2.44. The van der Waals surface area contributed by atoms with Gasteiger partial charge in [0.25, 0.3) is 0 Å². The van der Waals surface area contributed by atoms with Gasteiger partial charge in [0.2, 0.25) is 0 Å². The van der Waals surface area contributed by atoms with Crippen molar-refractivity contribution in [2.24, 2.45) is 0 Å². The molecular weight excluding hydrogens is 239 g/mol. The highest BCUT2D eigenvalue weighted by molar-refractivity contribution is 5.38. The van der Waals surface area contributed by atoms with Gasteiger partial charge in [0.05, 0.1) is 5.60 Å². The molecule has 2 aromatic carbocycles. The lowest BCUT2D eigenvalue weighted by atomic mass is 9.85. The highest BCUT2D eigenvalue weighted by atomic mass is 19.1. The third-order valence-corrected chi connectivity index (χ3v) is 3.68. The van der Waals surface area contributed by atoms with Gasteiger partial charge in [-0.3, -0.25) is 0 Å². The molecule has 1 N–H and O–H groups in total. The number of rotatable bonds is 3. The van der Waals surface area contributed by atoms with E-state index in [0.29, 0.717) is 5.56 Å². The lowest BCUT2D eigenvalue weighted by Gasteiger charge is -2.27. The van der Waals surface area contributed by atoms with Gasteiger partial charge < -0.3 is 5.11 Å². The van der Waals surface area contributed by atoms with Crippen LogP contribution in [-0.2, 0) is 12.0 Å². The van der Waals surface area contributed by atoms with Gasteiger partial charge in [-0.25, -0.2) is 4.39 Å². The van der Waals surface area contributed by atoms with Crippen LogP contribution in [0.25, 0.3) is 0 Å². The first-order chi connectivity index (χ1) is 8.92. The second kappa shape index (κ2) is 5.14. The first-order valence-corrected chi connectivity index (χ1v) is 6.44.